The summed E-state index contributed by atoms with van der Waals surface area (Å²) in [5, 5.41) is 0. The summed E-state index contributed by atoms with van der Waals surface area (Å²) in [4.78, 5) is 42.4. The molecule has 2 aliphatic heterocycles. The topological polar surface area (TPSA) is 70.2 Å². The van der Waals surface area contributed by atoms with Crippen molar-refractivity contribution in [3.8, 4) is 0 Å². The minimum absolute atomic E-state index is 0.0298. The Kier molecular flexibility index (Phi) is 6.60. The van der Waals surface area contributed by atoms with E-state index in [4.69, 9.17) is 4.74 Å². The van der Waals surface area contributed by atoms with Crippen LogP contribution in [0, 0.1) is 0 Å². The van der Waals surface area contributed by atoms with Crippen LogP contribution in [-0.4, -0.2) is 61.5 Å². The summed E-state index contributed by atoms with van der Waals surface area (Å²) < 4.78 is 44.0. The SMILES string of the molecule is CCOC(=O)c1ccc(N2C(=O)CC(N3CCN(c4cccc(C(F)(F)F)c4)CC3)C2=O)cc1. The van der Waals surface area contributed by atoms with Crippen LogP contribution < -0.4 is 9.80 Å². The first-order valence-electron chi connectivity index (χ1n) is 11.0. The summed E-state index contributed by atoms with van der Waals surface area (Å²) in [5.74, 6) is -1.16. The number of halogens is 3. The Hall–Kier alpha value is -3.40. The number of carbonyl (C=O) groups excluding carboxylic acids is 3. The van der Waals surface area contributed by atoms with Crippen molar-refractivity contribution in [1.29, 1.82) is 0 Å². The van der Waals surface area contributed by atoms with E-state index in [0.717, 1.165) is 17.0 Å². The minimum atomic E-state index is -4.41. The third-order valence-corrected chi connectivity index (χ3v) is 6.05. The Morgan fingerprint density at radius 3 is 2.29 bits per heavy atom. The first-order valence-corrected chi connectivity index (χ1v) is 11.0. The highest BCUT2D eigenvalue weighted by atomic mass is 19.4. The van der Waals surface area contributed by atoms with Crippen molar-refractivity contribution >= 4 is 29.2 Å². The quantitative estimate of drug-likeness (QED) is 0.488. The summed E-state index contributed by atoms with van der Waals surface area (Å²) >= 11 is 0. The van der Waals surface area contributed by atoms with Crippen LogP contribution in [0.3, 0.4) is 0 Å². The van der Waals surface area contributed by atoms with E-state index in [1.54, 1.807) is 13.0 Å². The molecule has 2 aromatic rings. The Labute approximate surface area is 194 Å². The molecule has 0 saturated carbocycles. The van der Waals surface area contributed by atoms with E-state index in [1.807, 2.05) is 9.80 Å². The van der Waals surface area contributed by atoms with Crippen LogP contribution in [0.2, 0.25) is 0 Å². The molecular weight excluding hydrogens is 451 g/mol. The van der Waals surface area contributed by atoms with Gasteiger partial charge >= 0.3 is 12.1 Å². The van der Waals surface area contributed by atoms with Gasteiger partial charge in [-0.1, -0.05) is 6.07 Å². The zero-order chi connectivity index (χ0) is 24.5. The van der Waals surface area contributed by atoms with Gasteiger partial charge < -0.3 is 9.64 Å². The fourth-order valence-corrected chi connectivity index (χ4v) is 4.30. The predicted octanol–water partition coefficient (Wildman–Crippen LogP) is 3.34. The molecule has 2 saturated heterocycles. The van der Waals surface area contributed by atoms with Crippen LogP contribution in [0.5, 0.6) is 0 Å². The van der Waals surface area contributed by atoms with Crippen LogP contribution in [0.1, 0.15) is 29.3 Å². The van der Waals surface area contributed by atoms with Crippen LogP contribution in [0.15, 0.2) is 48.5 Å². The van der Waals surface area contributed by atoms with Gasteiger partial charge in [-0.2, -0.15) is 13.2 Å². The van der Waals surface area contributed by atoms with Gasteiger partial charge in [0.05, 0.1) is 35.9 Å². The number of piperazine rings is 1. The summed E-state index contributed by atoms with van der Waals surface area (Å²) in [6.45, 7) is 3.70. The van der Waals surface area contributed by atoms with Crippen LogP contribution in [0.4, 0.5) is 24.5 Å². The largest absolute Gasteiger partial charge is 0.462 e. The number of ether oxygens (including phenoxy) is 1. The van der Waals surface area contributed by atoms with E-state index in [9.17, 15) is 27.6 Å². The Morgan fingerprint density at radius 1 is 1.00 bits per heavy atom. The van der Waals surface area contributed by atoms with Gasteiger partial charge in [0.25, 0.3) is 5.91 Å². The molecule has 34 heavy (non-hydrogen) atoms. The average Bonchev–Trinajstić information content (AvgIpc) is 3.12. The standard InChI is InChI=1S/C24H24F3N3O4/c1-2-34-23(33)16-6-8-18(9-7-16)30-21(31)15-20(22(30)32)29-12-10-28(11-13-29)19-5-3-4-17(14-19)24(25,26)27/h3-9,14,20H,2,10-13,15H2,1H3. The number of nitrogens with zero attached hydrogens (tertiary/aromatic N) is 3. The zero-order valence-electron chi connectivity index (χ0n) is 18.5. The fourth-order valence-electron chi connectivity index (χ4n) is 4.30. The highest BCUT2D eigenvalue weighted by Gasteiger charge is 2.43. The molecule has 1 unspecified atom stereocenters. The number of carbonyl (C=O) groups is 3. The first-order chi connectivity index (χ1) is 16.2. The number of benzene rings is 2. The van der Waals surface area contributed by atoms with Crippen molar-refractivity contribution < 1.29 is 32.3 Å². The molecule has 0 N–H and O–H groups in total. The molecule has 180 valence electrons. The molecule has 2 heterocycles. The molecule has 0 aliphatic carbocycles. The van der Waals surface area contributed by atoms with Crippen molar-refractivity contribution in [2.45, 2.75) is 25.6 Å². The van der Waals surface area contributed by atoms with Crippen molar-refractivity contribution in [3.05, 3.63) is 59.7 Å². The molecule has 0 aromatic heterocycles. The number of amides is 2. The van der Waals surface area contributed by atoms with Gasteiger partial charge in [0.1, 0.15) is 0 Å². The number of anilines is 2. The lowest BCUT2D eigenvalue weighted by Gasteiger charge is -2.38. The molecule has 2 fully saturated rings. The smallest absolute Gasteiger partial charge is 0.416 e. The molecule has 2 aliphatic rings. The van der Waals surface area contributed by atoms with E-state index >= 15 is 0 Å². The maximum absolute atomic E-state index is 13.1. The molecule has 0 radical (unpaired) electrons. The molecule has 0 bridgehead atoms. The number of rotatable bonds is 5. The van der Waals surface area contributed by atoms with E-state index in [2.05, 4.69) is 0 Å². The van der Waals surface area contributed by atoms with Crippen molar-refractivity contribution in [2.75, 3.05) is 42.6 Å². The van der Waals surface area contributed by atoms with E-state index < -0.39 is 23.8 Å². The van der Waals surface area contributed by atoms with Crippen LogP contribution in [0.25, 0.3) is 0 Å². The maximum atomic E-state index is 13.1. The number of alkyl halides is 3. The zero-order valence-corrected chi connectivity index (χ0v) is 18.5. The van der Waals surface area contributed by atoms with E-state index in [0.29, 0.717) is 43.1 Å². The number of hydrogen-bond acceptors (Lipinski definition) is 6. The average molecular weight is 475 g/mol. The van der Waals surface area contributed by atoms with Gasteiger partial charge in [0, 0.05) is 31.9 Å². The molecular formula is C24H24F3N3O4. The number of hydrogen-bond donors (Lipinski definition) is 0. The van der Waals surface area contributed by atoms with Crippen LogP contribution in [-0.2, 0) is 20.5 Å². The van der Waals surface area contributed by atoms with Crippen molar-refractivity contribution in [3.63, 3.8) is 0 Å². The maximum Gasteiger partial charge on any atom is 0.416 e. The summed E-state index contributed by atoms with van der Waals surface area (Å²) in [5.41, 5.74) is 0.486. The summed E-state index contributed by atoms with van der Waals surface area (Å²) in [7, 11) is 0. The van der Waals surface area contributed by atoms with Gasteiger partial charge in [-0.3, -0.25) is 14.5 Å². The highest BCUT2D eigenvalue weighted by Crippen LogP contribution is 2.32. The lowest BCUT2D eigenvalue weighted by Crippen LogP contribution is -2.52. The van der Waals surface area contributed by atoms with Gasteiger partial charge in [-0.25, -0.2) is 9.69 Å². The predicted molar refractivity (Wildman–Crippen MR) is 119 cm³/mol. The molecule has 4 rings (SSSR count). The second-order valence-electron chi connectivity index (χ2n) is 8.13. The molecule has 10 heteroatoms. The Balaban J connectivity index is 1.41. The third kappa shape index (κ3) is 4.77. The molecule has 1 atom stereocenters. The summed E-state index contributed by atoms with van der Waals surface area (Å²) in [6, 6.07) is 10.7. The van der Waals surface area contributed by atoms with Crippen molar-refractivity contribution in [2.24, 2.45) is 0 Å². The minimum Gasteiger partial charge on any atom is -0.462 e. The Bertz CT molecular complexity index is 1080. The third-order valence-electron chi connectivity index (χ3n) is 6.05. The normalized spacial score (nSPS) is 19.6. The molecule has 2 aromatic carbocycles. The number of imide groups is 1. The second kappa shape index (κ2) is 9.46. The van der Waals surface area contributed by atoms with Gasteiger partial charge in [0.15, 0.2) is 0 Å². The Morgan fingerprint density at radius 2 is 1.68 bits per heavy atom. The lowest BCUT2D eigenvalue weighted by molar-refractivity contribution is -0.137. The van der Waals surface area contributed by atoms with Gasteiger partial charge in [0.2, 0.25) is 5.91 Å². The molecule has 7 nitrogen and oxygen atoms in total. The van der Waals surface area contributed by atoms with Gasteiger partial charge in [-0.15, -0.1) is 0 Å². The molecule has 0 spiro atoms. The highest BCUT2D eigenvalue weighted by molar-refractivity contribution is 6.22. The second-order valence-corrected chi connectivity index (χ2v) is 8.13. The first kappa shape index (κ1) is 23.7. The lowest BCUT2D eigenvalue weighted by atomic mass is 10.1. The fraction of sp³-hybridized carbons (Fsp3) is 0.375. The number of esters is 1. The van der Waals surface area contributed by atoms with E-state index in [-0.39, 0.29) is 24.8 Å². The van der Waals surface area contributed by atoms with Crippen molar-refractivity contribution in [1.82, 2.24) is 4.90 Å². The monoisotopic (exact) mass is 475 g/mol. The van der Waals surface area contributed by atoms with Gasteiger partial charge in [-0.05, 0) is 49.4 Å². The molecule has 2 amide bonds. The van der Waals surface area contributed by atoms with E-state index in [1.165, 1.54) is 30.3 Å². The van der Waals surface area contributed by atoms with Crippen LogP contribution >= 0.6 is 0 Å². The summed E-state index contributed by atoms with van der Waals surface area (Å²) in [6.07, 6.45) is -4.38.